The molecule has 0 atom stereocenters. The minimum absolute atomic E-state index is 0.158. The molecule has 2 N–H and O–H groups in total. The Morgan fingerprint density at radius 2 is 1.95 bits per heavy atom. The lowest BCUT2D eigenvalue weighted by Crippen LogP contribution is -2.08. The van der Waals surface area contributed by atoms with Crippen LogP contribution in [0.15, 0.2) is 18.2 Å². The van der Waals surface area contributed by atoms with Crippen molar-refractivity contribution in [1.29, 1.82) is 0 Å². The fourth-order valence-electron chi connectivity index (χ4n) is 1.58. The highest BCUT2D eigenvalue weighted by molar-refractivity contribution is 5.55. The van der Waals surface area contributed by atoms with Crippen molar-refractivity contribution in [2.24, 2.45) is 0 Å². The molecule has 0 saturated carbocycles. The molecule has 1 heterocycles. The smallest absolute Gasteiger partial charge is 0.322 e. The van der Waals surface area contributed by atoms with Gasteiger partial charge < -0.3 is 15.4 Å². The molecule has 0 radical (unpaired) electrons. The predicted octanol–water partition coefficient (Wildman–Crippen LogP) is 2.50. The number of aromatic nitrogens is 3. The van der Waals surface area contributed by atoms with Crippen LogP contribution in [-0.2, 0) is 0 Å². The van der Waals surface area contributed by atoms with E-state index in [2.05, 4.69) is 25.6 Å². The molecule has 7 heteroatoms. The zero-order valence-corrected chi connectivity index (χ0v) is 11.6. The number of rotatable bonds is 5. The first-order chi connectivity index (χ1) is 9.62. The molecule has 1 aromatic heterocycles. The van der Waals surface area contributed by atoms with Crippen LogP contribution < -0.4 is 15.4 Å². The van der Waals surface area contributed by atoms with Gasteiger partial charge in [-0.2, -0.15) is 15.0 Å². The van der Waals surface area contributed by atoms with Crippen LogP contribution in [0.5, 0.6) is 6.01 Å². The summed E-state index contributed by atoms with van der Waals surface area (Å²) in [4.78, 5) is 12.2. The number of hydrogen-bond acceptors (Lipinski definition) is 6. The second-order valence-corrected chi connectivity index (χ2v) is 4.11. The lowest BCUT2D eigenvalue weighted by Gasteiger charge is -2.09. The molecule has 0 fully saturated rings. The van der Waals surface area contributed by atoms with E-state index in [0.29, 0.717) is 18.2 Å². The molecule has 106 valence electrons. The largest absolute Gasteiger partial charge is 0.467 e. The fourth-order valence-corrected chi connectivity index (χ4v) is 1.58. The highest BCUT2D eigenvalue weighted by atomic mass is 19.1. The van der Waals surface area contributed by atoms with Gasteiger partial charge >= 0.3 is 6.01 Å². The van der Waals surface area contributed by atoms with Gasteiger partial charge in [0.05, 0.1) is 12.8 Å². The SMILES string of the molecule is CCNc1nc(Nc2ccc(C)cc2F)nc(OC)n1. The standard InChI is InChI=1S/C13H16FN5O/c1-4-15-11-17-12(19-13(18-11)20-3)16-10-6-5-8(2)7-9(10)14/h5-7H,4H2,1-3H3,(H2,15,16,17,18,19). The second-order valence-electron chi connectivity index (χ2n) is 4.11. The predicted molar refractivity (Wildman–Crippen MR) is 75.0 cm³/mol. The van der Waals surface area contributed by atoms with E-state index in [1.165, 1.54) is 13.2 Å². The van der Waals surface area contributed by atoms with Gasteiger partial charge in [-0.05, 0) is 31.5 Å². The van der Waals surface area contributed by atoms with E-state index in [9.17, 15) is 4.39 Å². The Morgan fingerprint density at radius 3 is 2.60 bits per heavy atom. The van der Waals surface area contributed by atoms with Gasteiger partial charge in [0, 0.05) is 6.54 Å². The van der Waals surface area contributed by atoms with E-state index >= 15 is 0 Å². The molecule has 0 saturated heterocycles. The topological polar surface area (TPSA) is 72.0 Å². The molecule has 0 aliphatic carbocycles. The van der Waals surface area contributed by atoms with Gasteiger partial charge in [-0.25, -0.2) is 4.39 Å². The highest BCUT2D eigenvalue weighted by Crippen LogP contribution is 2.20. The van der Waals surface area contributed by atoms with E-state index in [1.807, 2.05) is 13.8 Å². The number of hydrogen-bond donors (Lipinski definition) is 2. The summed E-state index contributed by atoms with van der Waals surface area (Å²) < 4.78 is 18.8. The highest BCUT2D eigenvalue weighted by Gasteiger charge is 2.09. The summed E-state index contributed by atoms with van der Waals surface area (Å²) in [7, 11) is 1.46. The summed E-state index contributed by atoms with van der Waals surface area (Å²) in [6.45, 7) is 4.40. The summed E-state index contributed by atoms with van der Waals surface area (Å²) in [5.74, 6) is 0.222. The first-order valence-electron chi connectivity index (χ1n) is 6.19. The fraction of sp³-hybridized carbons (Fsp3) is 0.308. The Balaban J connectivity index is 2.29. The van der Waals surface area contributed by atoms with Crippen LogP contribution in [0.3, 0.4) is 0 Å². The van der Waals surface area contributed by atoms with Crippen LogP contribution in [-0.4, -0.2) is 28.6 Å². The average molecular weight is 277 g/mol. The number of nitrogens with zero attached hydrogens (tertiary/aromatic N) is 3. The van der Waals surface area contributed by atoms with E-state index in [4.69, 9.17) is 4.74 Å². The van der Waals surface area contributed by atoms with Crippen LogP contribution in [0.4, 0.5) is 22.0 Å². The Hall–Kier alpha value is -2.44. The zero-order chi connectivity index (χ0) is 14.5. The lowest BCUT2D eigenvalue weighted by molar-refractivity contribution is 0.379. The molecule has 0 bridgehead atoms. The van der Waals surface area contributed by atoms with Crippen molar-refractivity contribution in [3.05, 3.63) is 29.6 Å². The van der Waals surface area contributed by atoms with Crippen LogP contribution in [0.2, 0.25) is 0 Å². The number of halogens is 1. The first kappa shape index (κ1) is 14.0. The summed E-state index contributed by atoms with van der Waals surface area (Å²) in [6, 6.07) is 5.03. The van der Waals surface area contributed by atoms with Crippen LogP contribution >= 0.6 is 0 Å². The van der Waals surface area contributed by atoms with Crippen molar-refractivity contribution in [1.82, 2.24) is 15.0 Å². The maximum atomic E-state index is 13.8. The monoisotopic (exact) mass is 277 g/mol. The second kappa shape index (κ2) is 6.14. The van der Waals surface area contributed by atoms with E-state index < -0.39 is 0 Å². The average Bonchev–Trinajstić information content (AvgIpc) is 2.42. The maximum Gasteiger partial charge on any atom is 0.322 e. The van der Waals surface area contributed by atoms with Crippen molar-refractivity contribution >= 4 is 17.6 Å². The lowest BCUT2D eigenvalue weighted by atomic mass is 10.2. The molecule has 1 aromatic carbocycles. The minimum atomic E-state index is -0.366. The molecule has 2 rings (SSSR count). The molecule has 2 aromatic rings. The third-order valence-corrected chi connectivity index (χ3v) is 2.50. The maximum absolute atomic E-state index is 13.8. The molecule has 20 heavy (non-hydrogen) atoms. The molecular weight excluding hydrogens is 261 g/mol. The summed E-state index contributed by atoms with van der Waals surface area (Å²) in [6.07, 6.45) is 0. The zero-order valence-electron chi connectivity index (χ0n) is 11.6. The Labute approximate surface area is 116 Å². The number of aryl methyl sites for hydroxylation is 1. The van der Waals surface area contributed by atoms with Crippen molar-refractivity contribution in [3.8, 4) is 6.01 Å². The van der Waals surface area contributed by atoms with E-state index in [-0.39, 0.29) is 17.8 Å². The van der Waals surface area contributed by atoms with Gasteiger partial charge in [-0.1, -0.05) is 6.07 Å². The molecule has 0 unspecified atom stereocenters. The number of methoxy groups -OCH3 is 1. The van der Waals surface area contributed by atoms with Crippen molar-refractivity contribution in [3.63, 3.8) is 0 Å². The van der Waals surface area contributed by atoms with Gasteiger partial charge in [0.25, 0.3) is 0 Å². The summed E-state index contributed by atoms with van der Waals surface area (Å²) in [5.41, 5.74) is 1.14. The van der Waals surface area contributed by atoms with E-state index in [1.54, 1.807) is 12.1 Å². The van der Waals surface area contributed by atoms with Gasteiger partial charge in [-0.3, -0.25) is 0 Å². The molecule has 6 nitrogen and oxygen atoms in total. The van der Waals surface area contributed by atoms with Crippen LogP contribution in [0, 0.1) is 12.7 Å². The summed E-state index contributed by atoms with van der Waals surface area (Å²) in [5, 5.41) is 5.77. The third kappa shape index (κ3) is 3.31. The number of nitrogens with one attached hydrogen (secondary N) is 2. The number of benzene rings is 1. The van der Waals surface area contributed by atoms with Gasteiger partial charge in [0.1, 0.15) is 5.82 Å². The van der Waals surface area contributed by atoms with Crippen molar-refractivity contribution in [2.45, 2.75) is 13.8 Å². The summed E-state index contributed by atoms with van der Waals surface area (Å²) >= 11 is 0. The Morgan fingerprint density at radius 1 is 1.20 bits per heavy atom. The molecule has 0 amide bonds. The van der Waals surface area contributed by atoms with Crippen LogP contribution in [0.1, 0.15) is 12.5 Å². The first-order valence-corrected chi connectivity index (χ1v) is 6.19. The normalized spacial score (nSPS) is 10.2. The van der Waals surface area contributed by atoms with E-state index in [0.717, 1.165) is 5.56 Å². The van der Waals surface area contributed by atoms with Crippen LogP contribution in [0.25, 0.3) is 0 Å². The molecule has 0 aliphatic rings. The van der Waals surface area contributed by atoms with Crippen molar-refractivity contribution < 1.29 is 9.13 Å². The number of anilines is 3. The van der Waals surface area contributed by atoms with Gasteiger partial charge in [-0.15, -0.1) is 0 Å². The minimum Gasteiger partial charge on any atom is -0.467 e. The van der Waals surface area contributed by atoms with Gasteiger partial charge in [0.2, 0.25) is 11.9 Å². The third-order valence-electron chi connectivity index (χ3n) is 2.50. The number of ether oxygens (including phenoxy) is 1. The quantitative estimate of drug-likeness (QED) is 0.875. The molecule has 0 aliphatic heterocycles. The van der Waals surface area contributed by atoms with Gasteiger partial charge in [0.15, 0.2) is 0 Å². The Kier molecular flexibility index (Phi) is 4.29. The molecular formula is C13H16FN5O. The van der Waals surface area contributed by atoms with Crippen molar-refractivity contribution in [2.75, 3.05) is 24.3 Å². The molecule has 0 spiro atoms. The Bertz CT molecular complexity index is 605.